The van der Waals surface area contributed by atoms with Gasteiger partial charge in [-0.25, -0.2) is 0 Å². The first kappa shape index (κ1) is 17.5. The lowest BCUT2D eigenvalue weighted by Crippen LogP contribution is -2.54. The monoisotopic (exact) mass is 318 g/mol. The molecule has 2 atom stereocenters. The van der Waals surface area contributed by atoms with Crippen molar-refractivity contribution in [1.29, 1.82) is 0 Å². The third kappa shape index (κ3) is 4.10. The molecule has 0 saturated heterocycles. The molecule has 0 bridgehead atoms. The van der Waals surface area contributed by atoms with Gasteiger partial charge in [-0.15, -0.1) is 0 Å². The van der Waals surface area contributed by atoms with Crippen molar-refractivity contribution in [1.82, 2.24) is 10.2 Å². The molecule has 0 aromatic heterocycles. The number of hydrogen-bond acceptors (Lipinski definition) is 3. The second-order valence-electron chi connectivity index (χ2n) is 6.51. The zero-order valence-corrected chi connectivity index (χ0v) is 14.1. The van der Waals surface area contributed by atoms with Gasteiger partial charge in [0.1, 0.15) is 6.04 Å². The lowest BCUT2D eigenvalue weighted by atomic mass is 9.92. The van der Waals surface area contributed by atoms with E-state index in [4.69, 9.17) is 5.11 Å². The van der Waals surface area contributed by atoms with E-state index in [9.17, 15) is 9.59 Å². The van der Waals surface area contributed by atoms with E-state index < -0.39 is 6.04 Å². The Labute approximate surface area is 137 Å². The molecule has 2 unspecified atom stereocenters. The maximum absolute atomic E-state index is 12.7. The normalized spacial score (nSPS) is 18.5. The third-order valence-corrected chi connectivity index (χ3v) is 4.53. The predicted molar refractivity (Wildman–Crippen MR) is 88.6 cm³/mol. The zero-order valence-electron chi connectivity index (χ0n) is 14.1. The number of aliphatic hydroxyl groups is 1. The summed E-state index contributed by atoms with van der Waals surface area (Å²) in [6.45, 7) is 6.03. The summed E-state index contributed by atoms with van der Waals surface area (Å²) >= 11 is 0. The lowest BCUT2D eigenvalue weighted by Gasteiger charge is -2.36. The molecule has 2 N–H and O–H groups in total. The van der Waals surface area contributed by atoms with Crippen LogP contribution in [0.15, 0.2) is 24.3 Å². The second kappa shape index (κ2) is 7.59. The first-order valence-electron chi connectivity index (χ1n) is 8.19. The van der Waals surface area contributed by atoms with Gasteiger partial charge in [-0.1, -0.05) is 38.1 Å². The molecule has 1 aliphatic rings. The van der Waals surface area contributed by atoms with E-state index >= 15 is 0 Å². The number of amides is 2. The van der Waals surface area contributed by atoms with Gasteiger partial charge in [-0.2, -0.15) is 0 Å². The molecule has 0 radical (unpaired) electrons. The number of nitrogens with one attached hydrogen (secondary N) is 1. The largest absolute Gasteiger partial charge is 0.396 e. The van der Waals surface area contributed by atoms with Crippen LogP contribution in [-0.4, -0.2) is 40.5 Å². The summed E-state index contributed by atoms with van der Waals surface area (Å²) in [6.07, 6.45) is 1.05. The van der Waals surface area contributed by atoms with Crippen LogP contribution >= 0.6 is 0 Å². The number of aliphatic hydroxyl groups excluding tert-OH is 1. The van der Waals surface area contributed by atoms with Gasteiger partial charge in [0, 0.05) is 32.5 Å². The van der Waals surface area contributed by atoms with Crippen LogP contribution in [0.3, 0.4) is 0 Å². The highest BCUT2D eigenvalue weighted by molar-refractivity contribution is 5.88. The van der Waals surface area contributed by atoms with Crippen LogP contribution in [0.4, 0.5) is 0 Å². The highest BCUT2D eigenvalue weighted by Crippen LogP contribution is 2.24. The minimum Gasteiger partial charge on any atom is -0.396 e. The average Bonchev–Trinajstić information content (AvgIpc) is 2.52. The summed E-state index contributed by atoms with van der Waals surface area (Å²) in [5, 5.41) is 12.2. The SMILES string of the molecule is CC(=O)N1Cc2ccccc2CC1C(=O)NC(CCO)C(C)C. The molecule has 1 aromatic carbocycles. The molecule has 5 heteroatoms. The van der Waals surface area contributed by atoms with Gasteiger partial charge in [0.05, 0.1) is 0 Å². The third-order valence-electron chi connectivity index (χ3n) is 4.53. The van der Waals surface area contributed by atoms with Crippen LogP contribution in [0.2, 0.25) is 0 Å². The smallest absolute Gasteiger partial charge is 0.243 e. The molecule has 0 spiro atoms. The lowest BCUT2D eigenvalue weighted by molar-refractivity contribution is -0.140. The van der Waals surface area contributed by atoms with Crippen molar-refractivity contribution in [2.75, 3.05) is 6.61 Å². The van der Waals surface area contributed by atoms with Gasteiger partial charge in [0.15, 0.2) is 0 Å². The minimum absolute atomic E-state index is 0.0348. The van der Waals surface area contributed by atoms with Crippen molar-refractivity contribution >= 4 is 11.8 Å². The number of benzene rings is 1. The van der Waals surface area contributed by atoms with E-state index in [1.165, 1.54) is 6.92 Å². The van der Waals surface area contributed by atoms with E-state index in [2.05, 4.69) is 5.32 Å². The first-order chi connectivity index (χ1) is 10.9. The Morgan fingerprint density at radius 1 is 1.30 bits per heavy atom. The van der Waals surface area contributed by atoms with Crippen molar-refractivity contribution in [3.8, 4) is 0 Å². The molecule has 0 aliphatic carbocycles. The highest BCUT2D eigenvalue weighted by Gasteiger charge is 2.34. The number of fused-ring (bicyclic) bond motifs is 1. The van der Waals surface area contributed by atoms with Crippen molar-refractivity contribution in [2.24, 2.45) is 5.92 Å². The average molecular weight is 318 g/mol. The van der Waals surface area contributed by atoms with Gasteiger partial charge in [-0.3, -0.25) is 9.59 Å². The Morgan fingerprint density at radius 2 is 1.96 bits per heavy atom. The summed E-state index contributed by atoms with van der Waals surface area (Å²) in [5.41, 5.74) is 2.22. The number of carbonyl (C=O) groups is 2. The predicted octanol–water partition coefficient (Wildman–Crippen LogP) is 1.48. The fourth-order valence-electron chi connectivity index (χ4n) is 3.08. The quantitative estimate of drug-likeness (QED) is 0.864. The molecule has 1 heterocycles. The summed E-state index contributed by atoms with van der Waals surface area (Å²) in [7, 11) is 0. The molecule has 0 fully saturated rings. The highest BCUT2D eigenvalue weighted by atomic mass is 16.3. The molecular weight excluding hydrogens is 292 g/mol. The number of nitrogens with zero attached hydrogens (tertiary/aromatic N) is 1. The maximum atomic E-state index is 12.7. The van der Waals surface area contributed by atoms with E-state index in [1.54, 1.807) is 4.90 Å². The van der Waals surface area contributed by atoms with E-state index in [-0.39, 0.29) is 30.4 Å². The Hall–Kier alpha value is -1.88. The van der Waals surface area contributed by atoms with Crippen LogP contribution in [-0.2, 0) is 22.6 Å². The fourth-order valence-corrected chi connectivity index (χ4v) is 3.08. The van der Waals surface area contributed by atoms with Crippen LogP contribution < -0.4 is 5.32 Å². The van der Waals surface area contributed by atoms with E-state index in [0.29, 0.717) is 19.4 Å². The van der Waals surface area contributed by atoms with Crippen LogP contribution in [0, 0.1) is 5.92 Å². The van der Waals surface area contributed by atoms with E-state index in [0.717, 1.165) is 11.1 Å². The Kier molecular flexibility index (Phi) is 5.77. The molecule has 2 rings (SSSR count). The van der Waals surface area contributed by atoms with Gasteiger partial charge in [-0.05, 0) is 23.5 Å². The summed E-state index contributed by atoms with van der Waals surface area (Å²) in [4.78, 5) is 26.3. The van der Waals surface area contributed by atoms with Crippen molar-refractivity contribution < 1.29 is 14.7 Å². The van der Waals surface area contributed by atoms with Gasteiger partial charge >= 0.3 is 0 Å². The van der Waals surface area contributed by atoms with Crippen molar-refractivity contribution in [2.45, 2.75) is 52.2 Å². The topological polar surface area (TPSA) is 69.6 Å². The minimum atomic E-state index is -0.484. The Bertz CT molecular complexity index is 571. The second-order valence-corrected chi connectivity index (χ2v) is 6.51. The Morgan fingerprint density at radius 3 is 2.52 bits per heavy atom. The van der Waals surface area contributed by atoms with Crippen LogP contribution in [0.5, 0.6) is 0 Å². The molecular formula is C18H26N2O3. The molecule has 126 valence electrons. The van der Waals surface area contributed by atoms with Gasteiger partial charge in [0.25, 0.3) is 0 Å². The molecule has 2 amide bonds. The van der Waals surface area contributed by atoms with Crippen LogP contribution in [0.25, 0.3) is 0 Å². The molecule has 23 heavy (non-hydrogen) atoms. The van der Waals surface area contributed by atoms with Gasteiger partial charge in [0.2, 0.25) is 11.8 Å². The van der Waals surface area contributed by atoms with Crippen molar-refractivity contribution in [3.05, 3.63) is 35.4 Å². The number of hydrogen-bond donors (Lipinski definition) is 2. The maximum Gasteiger partial charge on any atom is 0.243 e. The number of rotatable bonds is 5. The standard InChI is InChI=1S/C18H26N2O3/c1-12(2)16(8-9-21)19-18(23)17-10-14-6-4-5-7-15(14)11-20(17)13(3)22/h4-7,12,16-17,21H,8-11H2,1-3H3,(H,19,23). The summed E-state index contributed by atoms with van der Waals surface area (Å²) in [5.74, 6) is -0.00230. The molecule has 1 aromatic rings. The first-order valence-corrected chi connectivity index (χ1v) is 8.19. The van der Waals surface area contributed by atoms with Crippen LogP contribution in [0.1, 0.15) is 38.3 Å². The zero-order chi connectivity index (χ0) is 17.0. The number of carbonyl (C=O) groups excluding carboxylic acids is 2. The van der Waals surface area contributed by atoms with E-state index in [1.807, 2.05) is 38.1 Å². The van der Waals surface area contributed by atoms with Crippen molar-refractivity contribution in [3.63, 3.8) is 0 Å². The molecule has 5 nitrogen and oxygen atoms in total. The van der Waals surface area contributed by atoms with Gasteiger partial charge < -0.3 is 15.3 Å². The summed E-state index contributed by atoms with van der Waals surface area (Å²) in [6, 6.07) is 7.36. The fraction of sp³-hybridized carbons (Fsp3) is 0.556. The Balaban J connectivity index is 2.18. The summed E-state index contributed by atoms with van der Waals surface area (Å²) < 4.78 is 0. The molecule has 0 saturated carbocycles. The molecule has 1 aliphatic heterocycles.